The van der Waals surface area contributed by atoms with E-state index in [0.29, 0.717) is 10.0 Å². The largest absolute Gasteiger partial charge is 0.464 e. The molecule has 1 amide bonds. The quantitative estimate of drug-likeness (QED) is 0.474. The lowest BCUT2D eigenvalue weighted by atomic mass is 9.88. The fourth-order valence-corrected chi connectivity index (χ4v) is 2.82. The molecule has 23 heavy (non-hydrogen) atoms. The Morgan fingerprint density at radius 2 is 1.78 bits per heavy atom. The molecular weight excluding hydrogens is 370 g/mol. The van der Waals surface area contributed by atoms with E-state index in [1.54, 1.807) is 38.1 Å². The molecule has 0 bridgehead atoms. The number of alkyl carbamates (subject to hydrolysis) is 1. The van der Waals surface area contributed by atoms with Gasteiger partial charge in [0.2, 0.25) is 0 Å². The van der Waals surface area contributed by atoms with Crippen LogP contribution in [0.25, 0.3) is 0 Å². The molecule has 0 spiro atoms. The van der Waals surface area contributed by atoms with Gasteiger partial charge in [0, 0.05) is 10.0 Å². The van der Waals surface area contributed by atoms with Gasteiger partial charge >= 0.3 is 18.0 Å². The first-order valence-electron chi connectivity index (χ1n) is 7.05. The van der Waals surface area contributed by atoms with E-state index < -0.39 is 29.7 Å². The highest BCUT2D eigenvalue weighted by atomic mass is 79.9. The molecule has 1 aromatic carbocycles. The minimum absolute atomic E-state index is 0.0402. The Morgan fingerprint density at radius 1 is 1.22 bits per heavy atom. The zero-order valence-electron chi connectivity index (χ0n) is 12.6. The van der Waals surface area contributed by atoms with Gasteiger partial charge in [-0.15, -0.1) is 0 Å². The topological polar surface area (TPSA) is 90.9 Å². The van der Waals surface area contributed by atoms with Gasteiger partial charge in [0.15, 0.2) is 6.10 Å². The van der Waals surface area contributed by atoms with Crippen LogP contribution < -0.4 is 5.32 Å². The third kappa shape index (κ3) is 3.03. The minimum Gasteiger partial charge on any atom is -0.464 e. The Morgan fingerprint density at radius 3 is 2.30 bits per heavy atom. The van der Waals surface area contributed by atoms with Gasteiger partial charge in [0.05, 0.1) is 13.2 Å². The first-order valence-corrected chi connectivity index (χ1v) is 7.84. The molecule has 0 aromatic heterocycles. The lowest BCUT2D eigenvalue weighted by Gasteiger charge is -2.28. The number of halogens is 1. The maximum Gasteiger partial charge on any atom is 0.409 e. The van der Waals surface area contributed by atoms with Crippen molar-refractivity contribution in [3.63, 3.8) is 0 Å². The fourth-order valence-electron chi connectivity index (χ4n) is 2.33. The van der Waals surface area contributed by atoms with Gasteiger partial charge < -0.3 is 14.2 Å². The second kappa shape index (κ2) is 6.99. The molecule has 0 saturated carbocycles. The van der Waals surface area contributed by atoms with Crippen LogP contribution in [-0.4, -0.2) is 36.8 Å². The molecule has 1 fully saturated rings. The van der Waals surface area contributed by atoms with E-state index in [4.69, 9.17) is 14.2 Å². The first-order chi connectivity index (χ1) is 11.0. The monoisotopic (exact) mass is 385 g/mol. The molecule has 1 saturated heterocycles. The number of carbonyl (C=O) groups excluding carboxylic acids is 3. The summed E-state index contributed by atoms with van der Waals surface area (Å²) < 4.78 is 15.8. The fraction of sp³-hybridized carbons (Fsp3) is 0.400. The Hall–Kier alpha value is -2.09. The van der Waals surface area contributed by atoms with E-state index >= 15 is 0 Å². The molecule has 7 nitrogen and oxygen atoms in total. The predicted molar refractivity (Wildman–Crippen MR) is 82.5 cm³/mol. The molecule has 124 valence electrons. The number of rotatable bonds is 5. The van der Waals surface area contributed by atoms with Crippen molar-refractivity contribution in [1.29, 1.82) is 0 Å². The summed E-state index contributed by atoms with van der Waals surface area (Å²) in [6.45, 7) is 3.28. The third-order valence-electron chi connectivity index (χ3n) is 3.30. The molecule has 1 aliphatic rings. The van der Waals surface area contributed by atoms with Gasteiger partial charge in [0.1, 0.15) is 0 Å². The summed E-state index contributed by atoms with van der Waals surface area (Å²) in [4.78, 5) is 36.8. The highest BCUT2D eigenvalue weighted by Gasteiger charge is 2.63. The van der Waals surface area contributed by atoms with Gasteiger partial charge in [-0.25, -0.2) is 14.4 Å². The van der Waals surface area contributed by atoms with Gasteiger partial charge in [-0.3, -0.25) is 5.32 Å². The average molecular weight is 386 g/mol. The molecule has 1 heterocycles. The second-order valence-electron chi connectivity index (χ2n) is 4.68. The maximum atomic E-state index is 12.5. The van der Waals surface area contributed by atoms with Crippen LogP contribution in [0.5, 0.6) is 0 Å². The van der Waals surface area contributed by atoms with Crippen molar-refractivity contribution < 1.29 is 28.6 Å². The van der Waals surface area contributed by atoms with E-state index in [9.17, 15) is 14.4 Å². The number of cyclic esters (lactones) is 1. The molecule has 8 heteroatoms. The van der Waals surface area contributed by atoms with Crippen LogP contribution in [0.2, 0.25) is 0 Å². The summed E-state index contributed by atoms with van der Waals surface area (Å²) in [5.41, 5.74) is -1.63. The highest BCUT2D eigenvalue weighted by molar-refractivity contribution is 9.10. The van der Waals surface area contributed by atoms with Crippen LogP contribution in [0.1, 0.15) is 25.5 Å². The van der Waals surface area contributed by atoms with Gasteiger partial charge in [-0.05, 0) is 19.9 Å². The molecule has 0 aliphatic carbocycles. The van der Waals surface area contributed by atoms with E-state index in [0.717, 1.165) is 0 Å². The van der Waals surface area contributed by atoms with Crippen LogP contribution in [-0.2, 0) is 23.8 Å². The van der Waals surface area contributed by atoms with Crippen LogP contribution in [0.3, 0.4) is 0 Å². The van der Waals surface area contributed by atoms with E-state index in [2.05, 4.69) is 21.2 Å². The van der Waals surface area contributed by atoms with Crippen molar-refractivity contribution >= 4 is 34.0 Å². The summed E-state index contributed by atoms with van der Waals surface area (Å²) in [6, 6.07) is 6.81. The smallest absolute Gasteiger partial charge is 0.409 e. The Kier molecular flexibility index (Phi) is 5.25. The lowest BCUT2D eigenvalue weighted by molar-refractivity contribution is -0.168. The zero-order valence-corrected chi connectivity index (χ0v) is 14.2. The van der Waals surface area contributed by atoms with Crippen molar-refractivity contribution in [2.45, 2.75) is 25.5 Å². The maximum absolute atomic E-state index is 12.5. The van der Waals surface area contributed by atoms with Crippen LogP contribution >= 0.6 is 15.9 Å². The average Bonchev–Trinajstić information content (AvgIpc) is 2.87. The number of amides is 1. The minimum atomic E-state index is -2.08. The van der Waals surface area contributed by atoms with Gasteiger partial charge in [-0.1, -0.05) is 34.1 Å². The molecule has 0 unspecified atom stereocenters. The van der Waals surface area contributed by atoms with E-state index in [1.165, 1.54) is 0 Å². The summed E-state index contributed by atoms with van der Waals surface area (Å²) in [7, 11) is 0. The Labute approximate surface area is 141 Å². The molecule has 1 N–H and O–H groups in total. The molecule has 1 aromatic rings. The predicted octanol–water partition coefficient (Wildman–Crippen LogP) is 2.09. The zero-order chi connectivity index (χ0) is 17.0. The number of carbonyl (C=O) groups is 3. The van der Waals surface area contributed by atoms with Crippen molar-refractivity contribution in [3.05, 3.63) is 34.3 Å². The molecule has 1 atom stereocenters. The summed E-state index contributed by atoms with van der Waals surface area (Å²) in [6.07, 6.45) is -2.10. The van der Waals surface area contributed by atoms with E-state index in [-0.39, 0.29) is 13.2 Å². The number of hydrogen-bond donors (Lipinski definition) is 1. The van der Waals surface area contributed by atoms with Crippen LogP contribution in [0, 0.1) is 0 Å². The van der Waals surface area contributed by atoms with Gasteiger partial charge in [-0.2, -0.15) is 0 Å². The number of hydrogen-bond acceptors (Lipinski definition) is 6. The van der Waals surface area contributed by atoms with Crippen molar-refractivity contribution in [2.75, 3.05) is 13.2 Å². The number of esters is 2. The molecule has 0 radical (unpaired) electrons. The number of benzene rings is 1. The second-order valence-corrected chi connectivity index (χ2v) is 5.54. The lowest BCUT2D eigenvalue weighted by Crippen LogP contribution is -2.59. The van der Waals surface area contributed by atoms with Gasteiger partial charge in [0.25, 0.3) is 5.54 Å². The highest BCUT2D eigenvalue weighted by Crippen LogP contribution is 2.40. The summed E-state index contributed by atoms with van der Waals surface area (Å²) >= 11 is 3.33. The van der Waals surface area contributed by atoms with Crippen molar-refractivity contribution in [2.24, 2.45) is 0 Å². The van der Waals surface area contributed by atoms with Crippen LogP contribution in [0.4, 0.5) is 4.79 Å². The molecular formula is C15H16BrNO6. The SMILES string of the molecule is CCOC(=O)C1(C(=O)OCC)NC(=O)O[C@H]1c1ccccc1Br. The Balaban J connectivity index is 2.57. The number of nitrogens with one attached hydrogen (secondary N) is 1. The summed E-state index contributed by atoms with van der Waals surface area (Å²) in [5.74, 6) is -1.85. The van der Waals surface area contributed by atoms with Crippen molar-refractivity contribution in [1.82, 2.24) is 5.32 Å². The normalized spacial score (nSPS) is 18.7. The summed E-state index contributed by atoms with van der Waals surface area (Å²) in [5, 5.41) is 2.28. The first kappa shape index (κ1) is 17.3. The van der Waals surface area contributed by atoms with Crippen LogP contribution in [0.15, 0.2) is 28.7 Å². The number of ether oxygens (including phenoxy) is 3. The third-order valence-corrected chi connectivity index (χ3v) is 4.02. The molecule has 2 rings (SSSR count). The molecule has 1 aliphatic heterocycles. The standard InChI is InChI=1S/C15H16BrNO6/c1-3-21-12(18)15(13(19)22-4-2)11(23-14(20)17-15)9-7-5-6-8-10(9)16/h5-8,11H,3-4H2,1-2H3,(H,17,20)/t11-/m0/s1. The van der Waals surface area contributed by atoms with E-state index in [1.807, 2.05) is 0 Å². The van der Waals surface area contributed by atoms with Crippen molar-refractivity contribution in [3.8, 4) is 0 Å². The Bertz CT molecular complexity index is 614.